The first-order chi connectivity index (χ1) is 12.1. The van der Waals surface area contributed by atoms with Crippen molar-refractivity contribution in [2.24, 2.45) is 0 Å². The molecule has 0 bridgehead atoms. The minimum atomic E-state index is -0.179. The molecule has 2 N–H and O–H groups in total. The molecule has 0 atom stereocenters. The minimum Gasteiger partial charge on any atom is -0.354 e. The monoisotopic (exact) mass is 331 g/mol. The Hall–Kier alpha value is -3.14. The number of pyridine rings is 1. The van der Waals surface area contributed by atoms with Crippen LogP contribution in [0.15, 0.2) is 66.9 Å². The quantitative estimate of drug-likeness (QED) is 0.730. The Bertz CT molecular complexity index is 838. The van der Waals surface area contributed by atoms with Crippen LogP contribution in [0.3, 0.4) is 0 Å². The number of benzene rings is 2. The fourth-order valence-electron chi connectivity index (χ4n) is 2.68. The molecule has 0 saturated heterocycles. The van der Waals surface area contributed by atoms with E-state index in [0.717, 1.165) is 16.9 Å². The summed E-state index contributed by atoms with van der Waals surface area (Å²) in [6.07, 6.45) is 1.68. The van der Waals surface area contributed by atoms with Crippen LogP contribution in [0, 0.1) is 13.8 Å². The van der Waals surface area contributed by atoms with Gasteiger partial charge in [0.1, 0.15) is 5.69 Å². The van der Waals surface area contributed by atoms with E-state index < -0.39 is 0 Å². The molecule has 3 aromatic rings. The third-order valence-corrected chi connectivity index (χ3v) is 3.80. The number of hydrogen-bond acceptors (Lipinski definition) is 3. The zero-order chi connectivity index (χ0) is 17.6. The molecule has 1 aromatic heterocycles. The molecule has 0 saturated carbocycles. The highest BCUT2D eigenvalue weighted by Crippen LogP contribution is 2.19. The van der Waals surface area contributed by atoms with E-state index in [1.54, 1.807) is 12.3 Å². The molecule has 4 nitrogen and oxygen atoms in total. The number of amides is 1. The molecule has 3 rings (SSSR count). The van der Waals surface area contributed by atoms with Crippen LogP contribution in [0.1, 0.15) is 27.2 Å². The summed E-state index contributed by atoms with van der Waals surface area (Å²) in [7, 11) is 0. The Labute approximate surface area is 147 Å². The Balaban J connectivity index is 1.62. The van der Waals surface area contributed by atoms with Gasteiger partial charge in [0.05, 0.1) is 11.9 Å². The van der Waals surface area contributed by atoms with Crippen LogP contribution >= 0.6 is 0 Å². The van der Waals surface area contributed by atoms with E-state index in [9.17, 15) is 4.79 Å². The molecule has 0 fully saturated rings. The van der Waals surface area contributed by atoms with Crippen molar-refractivity contribution < 1.29 is 4.79 Å². The number of anilines is 2. The van der Waals surface area contributed by atoms with E-state index in [1.165, 1.54) is 11.1 Å². The molecule has 1 heterocycles. The van der Waals surface area contributed by atoms with Crippen molar-refractivity contribution in [1.82, 2.24) is 10.3 Å². The summed E-state index contributed by atoms with van der Waals surface area (Å²) >= 11 is 0. The lowest BCUT2D eigenvalue weighted by Gasteiger charge is -2.09. The Kier molecular flexibility index (Phi) is 5.09. The van der Waals surface area contributed by atoms with Crippen LogP contribution in [-0.2, 0) is 6.54 Å². The number of carbonyl (C=O) groups is 1. The molecular formula is C21H21N3O. The summed E-state index contributed by atoms with van der Waals surface area (Å²) in [4.78, 5) is 16.4. The van der Waals surface area contributed by atoms with Gasteiger partial charge in [0.25, 0.3) is 5.91 Å². The molecule has 0 aliphatic carbocycles. The number of rotatable bonds is 5. The van der Waals surface area contributed by atoms with Gasteiger partial charge in [0, 0.05) is 12.2 Å². The molecular weight excluding hydrogens is 310 g/mol. The summed E-state index contributed by atoms with van der Waals surface area (Å²) < 4.78 is 0. The molecule has 2 aromatic carbocycles. The van der Waals surface area contributed by atoms with Crippen molar-refractivity contribution in [2.75, 3.05) is 5.32 Å². The van der Waals surface area contributed by atoms with Crippen LogP contribution < -0.4 is 10.6 Å². The van der Waals surface area contributed by atoms with Crippen LogP contribution in [0.4, 0.5) is 11.4 Å². The lowest BCUT2D eigenvalue weighted by molar-refractivity contribution is 0.0946. The highest BCUT2D eigenvalue weighted by molar-refractivity contribution is 5.92. The summed E-state index contributed by atoms with van der Waals surface area (Å²) in [6, 6.07) is 19.7. The second kappa shape index (κ2) is 7.62. The highest BCUT2D eigenvalue weighted by Gasteiger charge is 2.07. The topological polar surface area (TPSA) is 54.0 Å². The lowest BCUT2D eigenvalue weighted by atomic mass is 10.1. The maximum atomic E-state index is 12.2. The smallest absolute Gasteiger partial charge is 0.270 e. The molecule has 0 aliphatic heterocycles. The van der Waals surface area contributed by atoms with Crippen molar-refractivity contribution in [3.63, 3.8) is 0 Å². The molecule has 126 valence electrons. The van der Waals surface area contributed by atoms with Gasteiger partial charge in [-0.2, -0.15) is 0 Å². The van der Waals surface area contributed by atoms with Gasteiger partial charge in [-0.05, 0) is 54.8 Å². The number of aryl methyl sites for hydroxylation is 2. The van der Waals surface area contributed by atoms with Crippen LogP contribution in [-0.4, -0.2) is 10.9 Å². The molecule has 0 unspecified atom stereocenters. The van der Waals surface area contributed by atoms with E-state index >= 15 is 0 Å². The summed E-state index contributed by atoms with van der Waals surface area (Å²) in [5, 5.41) is 6.19. The number of aromatic nitrogens is 1. The number of carbonyl (C=O) groups excluding carboxylic acids is 1. The molecule has 25 heavy (non-hydrogen) atoms. The molecule has 0 aliphatic rings. The number of hydrogen-bond donors (Lipinski definition) is 2. The molecule has 0 spiro atoms. The fraction of sp³-hybridized carbons (Fsp3) is 0.143. The third kappa shape index (κ3) is 4.67. The van der Waals surface area contributed by atoms with E-state index in [2.05, 4.69) is 47.7 Å². The van der Waals surface area contributed by atoms with Crippen LogP contribution in [0.5, 0.6) is 0 Å². The van der Waals surface area contributed by atoms with E-state index in [1.807, 2.05) is 36.4 Å². The number of nitrogens with zero attached hydrogens (tertiary/aromatic N) is 1. The second-order valence-electron chi connectivity index (χ2n) is 6.10. The average Bonchev–Trinajstić information content (AvgIpc) is 2.60. The number of nitrogens with one attached hydrogen (secondary N) is 2. The van der Waals surface area contributed by atoms with E-state index in [0.29, 0.717) is 12.2 Å². The normalized spacial score (nSPS) is 10.3. The Morgan fingerprint density at radius 3 is 2.28 bits per heavy atom. The minimum absolute atomic E-state index is 0.179. The SMILES string of the molecule is Cc1cc(C)cc(Nc2ccc(C(=O)NCc3ccccc3)nc2)c1. The predicted octanol–water partition coefficient (Wildman–Crippen LogP) is 4.37. The van der Waals surface area contributed by atoms with Gasteiger partial charge >= 0.3 is 0 Å². The van der Waals surface area contributed by atoms with Gasteiger partial charge in [-0.1, -0.05) is 36.4 Å². The third-order valence-electron chi connectivity index (χ3n) is 3.80. The van der Waals surface area contributed by atoms with Gasteiger partial charge in [-0.3, -0.25) is 4.79 Å². The molecule has 4 heteroatoms. The predicted molar refractivity (Wildman–Crippen MR) is 101 cm³/mol. The van der Waals surface area contributed by atoms with E-state index in [-0.39, 0.29) is 5.91 Å². The van der Waals surface area contributed by atoms with Gasteiger partial charge < -0.3 is 10.6 Å². The maximum Gasteiger partial charge on any atom is 0.270 e. The summed E-state index contributed by atoms with van der Waals surface area (Å²) in [5.41, 5.74) is 5.73. The van der Waals surface area contributed by atoms with Crippen molar-refractivity contribution >= 4 is 17.3 Å². The first kappa shape index (κ1) is 16.7. The van der Waals surface area contributed by atoms with Crippen molar-refractivity contribution in [3.05, 3.63) is 89.2 Å². The maximum absolute atomic E-state index is 12.2. The highest BCUT2D eigenvalue weighted by atomic mass is 16.1. The summed E-state index contributed by atoms with van der Waals surface area (Å²) in [6.45, 7) is 4.62. The van der Waals surface area contributed by atoms with Crippen molar-refractivity contribution in [1.29, 1.82) is 0 Å². The van der Waals surface area contributed by atoms with Gasteiger partial charge in [0.2, 0.25) is 0 Å². The van der Waals surface area contributed by atoms with Crippen molar-refractivity contribution in [3.8, 4) is 0 Å². The van der Waals surface area contributed by atoms with Crippen LogP contribution in [0.25, 0.3) is 0 Å². The van der Waals surface area contributed by atoms with Gasteiger partial charge in [-0.25, -0.2) is 4.98 Å². The standard InChI is InChI=1S/C21H21N3O/c1-15-10-16(2)12-19(11-15)24-18-8-9-20(22-14-18)21(25)23-13-17-6-4-3-5-7-17/h3-12,14,24H,13H2,1-2H3,(H,23,25). The molecule has 0 radical (unpaired) electrons. The first-order valence-electron chi connectivity index (χ1n) is 8.24. The molecule has 1 amide bonds. The fourth-order valence-corrected chi connectivity index (χ4v) is 2.68. The van der Waals surface area contributed by atoms with E-state index in [4.69, 9.17) is 0 Å². The van der Waals surface area contributed by atoms with Gasteiger partial charge in [-0.15, -0.1) is 0 Å². The lowest BCUT2D eigenvalue weighted by Crippen LogP contribution is -2.23. The summed E-state index contributed by atoms with van der Waals surface area (Å²) in [5.74, 6) is -0.179. The zero-order valence-corrected chi connectivity index (χ0v) is 14.4. The second-order valence-corrected chi connectivity index (χ2v) is 6.10. The Morgan fingerprint density at radius 1 is 0.920 bits per heavy atom. The van der Waals surface area contributed by atoms with Gasteiger partial charge in [0.15, 0.2) is 0 Å². The zero-order valence-electron chi connectivity index (χ0n) is 14.4. The van der Waals surface area contributed by atoms with Crippen molar-refractivity contribution in [2.45, 2.75) is 20.4 Å². The first-order valence-corrected chi connectivity index (χ1v) is 8.24. The largest absolute Gasteiger partial charge is 0.354 e. The van der Waals surface area contributed by atoms with Crippen LogP contribution in [0.2, 0.25) is 0 Å². The Morgan fingerprint density at radius 2 is 1.64 bits per heavy atom. The average molecular weight is 331 g/mol.